The zero-order valence-electron chi connectivity index (χ0n) is 15.1. The van der Waals surface area contributed by atoms with Gasteiger partial charge >= 0.3 is 0 Å². The number of fused-ring (bicyclic) bond motifs is 2. The summed E-state index contributed by atoms with van der Waals surface area (Å²) in [6, 6.07) is 5.96. The summed E-state index contributed by atoms with van der Waals surface area (Å²) in [4.78, 5) is 29.9. The van der Waals surface area contributed by atoms with Crippen LogP contribution in [0.3, 0.4) is 0 Å². The molecule has 2 aromatic heterocycles. The highest BCUT2D eigenvalue weighted by Crippen LogP contribution is 2.29. The second-order valence-electron chi connectivity index (χ2n) is 6.86. The van der Waals surface area contributed by atoms with Gasteiger partial charge in [0, 0.05) is 17.3 Å². The number of anilines is 1. The molecule has 0 bridgehead atoms. The van der Waals surface area contributed by atoms with E-state index < -0.39 is 0 Å². The molecular formula is C20H21N5O2. The normalized spacial score (nSPS) is 13.2. The monoisotopic (exact) mass is 363 g/mol. The van der Waals surface area contributed by atoms with E-state index in [1.807, 2.05) is 25.1 Å². The fourth-order valence-corrected chi connectivity index (χ4v) is 3.57. The van der Waals surface area contributed by atoms with Gasteiger partial charge in [-0.05, 0) is 50.3 Å². The molecule has 1 aromatic carbocycles. The van der Waals surface area contributed by atoms with E-state index in [1.165, 1.54) is 6.20 Å². The van der Waals surface area contributed by atoms with Crippen molar-refractivity contribution >= 4 is 28.4 Å². The maximum absolute atomic E-state index is 13.0. The molecule has 0 fully saturated rings. The van der Waals surface area contributed by atoms with Gasteiger partial charge in [0.15, 0.2) is 0 Å². The molecule has 7 heteroatoms. The van der Waals surface area contributed by atoms with Crippen molar-refractivity contribution in [2.75, 3.05) is 11.9 Å². The number of carbonyl (C=O) groups is 2. The zero-order chi connectivity index (χ0) is 18.8. The zero-order valence-corrected chi connectivity index (χ0v) is 15.1. The molecule has 0 saturated heterocycles. The minimum absolute atomic E-state index is 0.103. The lowest BCUT2D eigenvalue weighted by Crippen LogP contribution is -2.34. The number of rotatable bonds is 4. The first-order chi connectivity index (χ1) is 13.1. The van der Waals surface area contributed by atoms with E-state index in [9.17, 15) is 9.59 Å². The summed E-state index contributed by atoms with van der Waals surface area (Å²) in [5.74, 6) is -0.526. The number of aromatic nitrogens is 3. The van der Waals surface area contributed by atoms with Gasteiger partial charge in [-0.1, -0.05) is 11.6 Å². The van der Waals surface area contributed by atoms with Gasteiger partial charge in [0.05, 0.1) is 29.5 Å². The predicted molar refractivity (Wildman–Crippen MR) is 103 cm³/mol. The van der Waals surface area contributed by atoms with Crippen molar-refractivity contribution in [1.82, 2.24) is 20.5 Å². The van der Waals surface area contributed by atoms with E-state index in [4.69, 9.17) is 4.98 Å². The first-order valence-electron chi connectivity index (χ1n) is 9.11. The highest BCUT2D eigenvalue weighted by Gasteiger charge is 2.23. The summed E-state index contributed by atoms with van der Waals surface area (Å²) in [6.07, 6.45) is 6.96. The van der Waals surface area contributed by atoms with Crippen molar-refractivity contribution in [3.05, 3.63) is 53.0 Å². The van der Waals surface area contributed by atoms with Gasteiger partial charge in [-0.25, -0.2) is 0 Å². The number of amides is 2. The molecule has 1 aliphatic carbocycles. The molecule has 2 amide bonds. The van der Waals surface area contributed by atoms with Gasteiger partial charge in [0.25, 0.3) is 5.91 Å². The van der Waals surface area contributed by atoms with Crippen LogP contribution in [0.15, 0.2) is 30.6 Å². The summed E-state index contributed by atoms with van der Waals surface area (Å²) in [6.45, 7) is 1.90. The molecule has 0 atom stereocenters. The van der Waals surface area contributed by atoms with E-state index in [0.717, 1.165) is 53.4 Å². The van der Waals surface area contributed by atoms with Crippen LogP contribution in [0, 0.1) is 6.92 Å². The van der Waals surface area contributed by atoms with Crippen LogP contribution in [0.5, 0.6) is 0 Å². The molecule has 1 aliphatic rings. The maximum atomic E-state index is 13.0. The number of aryl methyl sites for hydroxylation is 2. The van der Waals surface area contributed by atoms with Crippen molar-refractivity contribution in [2.24, 2.45) is 0 Å². The van der Waals surface area contributed by atoms with Crippen molar-refractivity contribution in [2.45, 2.75) is 32.6 Å². The highest BCUT2D eigenvalue weighted by atomic mass is 16.2. The SMILES string of the molecule is Cc1ccc2nc3c(c(C(=O)NCC(=O)Nc4cn[nH]c4)c2c1)CCCC3. The van der Waals surface area contributed by atoms with Crippen LogP contribution in [-0.4, -0.2) is 33.5 Å². The number of benzene rings is 1. The molecule has 0 spiro atoms. The fourth-order valence-electron chi connectivity index (χ4n) is 3.57. The summed E-state index contributed by atoms with van der Waals surface area (Å²) < 4.78 is 0. The van der Waals surface area contributed by atoms with Crippen LogP contribution in [0.1, 0.15) is 40.0 Å². The Bertz CT molecular complexity index is 1010. The number of hydrogen-bond acceptors (Lipinski definition) is 4. The standard InChI is InChI=1S/C20H21N5O2/c1-12-6-7-17-15(8-12)19(14-4-2-3-5-16(14)25-17)20(27)21-11-18(26)24-13-9-22-23-10-13/h6-10H,2-5,11H2,1H3,(H,21,27)(H,22,23)(H,24,26). The molecule has 0 saturated carbocycles. The van der Waals surface area contributed by atoms with E-state index >= 15 is 0 Å². The van der Waals surface area contributed by atoms with Crippen LogP contribution < -0.4 is 10.6 Å². The first-order valence-corrected chi connectivity index (χ1v) is 9.11. The summed E-state index contributed by atoms with van der Waals surface area (Å²) in [5, 5.41) is 12.7. The smallest absolute Gasteiger partial charge is 0.252 e. The molecule has 2 heterocycles. The fraction of sp³-hybridized carbons (Fsp3) is 0.300. The Balaban J connectivity index is 1.62. The molecule has 27 heavy (non-hydrogen) atoms. The van der Waals surface area contributed by atoms with Crippen molar-refractivity contribution in [3.8, 4) is 0 Å². The molecule has 0 aliphatic heterocycles. The van der Waals surface area contributed by atoms with Crippen LogP contribution in [0.2, 0.25) is 0 Å². The molecular weight excluding hydrogens is 342 g/mol. The summed E-state index contributed by atoms with van der Waals surface area (Å²) in [7, 11) is 0. The predicted octanol–water partition coefficient (Wildman–Crippen LogP) is 2.51. The number of H-pyrrole nitrogens is 1. The Morgan fingerprint density at radius 3 is 2.89 bits per heavy atom. The Morgan fingerprint density at radius 1 is 1.22 bits per heavy atom. The molecule has 3 aromatic rings. The summed E-state index contributed by atoms with van der Waals surface area (Å²) in [5.41, 5.74) is 5.16. The number of nitrogens with zero attached hydrogens (tertiary/aromatic N) is 2. The lowest BCUT2D eigenvalue weighted by molar-refractivity contribution is -0.115. The van der Waals surface area contributed by atoms with Crippen molar-refractivity contribution in [3.63, 3.8) is 0 Å². The van der Waals surface area contributed by atoms with Crippen LogP contribution in [-0.2, 0) is 17.6 Å². The average Bonchev–Trinajstić information content (AvgIpc) is 3.17. The molecule has 138 valence electrons. The number of pyridine rings is 1. The van der Waals surface area contributed by atoms with Gasteiger partial charge in [0.1, 0.15) is 0 Å². The van der Waals surface area contributed by atoms with Crippen LogP contribution in [0.4, 0.5) is 5.69 Å². The van der Waals surface area contributed by atoms with Gasteiger partial charge < -0.3 is 10.6 Å². The minimum atomic E-state index is -0.298. The van der Waals surface area contributed by atoms with Crippen LogP contribution >= 0.6 is 0 Å². The molecule has 4 rings (SSSR count). The van der Waals surface area contributed by atoms with Gasteiger partial charge in [-0.15, -0.1) is 0 Å². The second-order valence-corrected chi connectivity index (χ2v) is 6.86. The topological polar surface area (TPSA) is 99.8 Å². The van der Waals surface area contributed by atoms with E-state index in [1.54, 1.807) is 6.20 Å². The minimum Gasteiger partial charge on any atom is -0.343 e. The number of nitrogens with one attached hydrogen (secondary N) is 3. The third kappa shape index (κ3) is 3.53. The molecule has 0 unspecified atom stereocenters. The van der Waals surface area contributed by atoms with E-state index in [0.29, 0.717) is 11.3 Å². The first kappa shape index (κ1) is 17.2. The van der Waals surface area contributed by atoms with Crippen molar-refractivity contribution in [1.29, 1.82) is 0 Å². The van der Waals surface area contributed by atoms with Crippen molar-refractivity contribution < 1.29 is 9.59 Å². The quantitative estimate of drug-likeness (QED) is 0.663. The third-order valence-electron chi connectivity index (χ3n) is 4.84. The van der Waals surface area contributed by atoms with Gasteiger partial charge in [-0.3, -0.25) is 19.7 Å². The third-order valence-corrected chi connectivity index (χ3v) is 4.84. The number of hydrogen-bond donors (Lipinski definition) is 3. The lowest BCUT2D eigenvalue weighted by atomic mass is 9.89. The van der Waals surface area contributed by atoms with E-state index in [2.05, 4.69) is 20.8 Å². The van der Waals surface area contributed by atoms with E-state index in [-0.39, 0.29) is 18.4 Å². The second kappa shape index (κ2) is 7.19. The highest BCUT2D eigenvalue weighted by molar-refractivity contribution is 6.09. The van der Waals surface area contributed by atoms with Gasteiger partial charge in [-0.2, -0.15) is 5.10 Å². The Kier molecular flexibility index (Phi) is 4.58. The number of aromatic amines is 1. The average molecular weight is 363 g/mol. The Hall–Kier alpha value is -3.22. The largest absolute Gasteiger partial charge is 0.343 e. The summed E-state index contributed by atoms with van der Waals surface area (Å²) >= 11 is 0. The van der Waals surface area contributed by atoms with Gasteiger partial charge in [0.2, 0.25) is 5.91 Å². The number of carbonyl (C=O) groups excluding carboxylic acids is 2. The Morgan fingerprint density at radius 2 is 2.07 bits per heavy atom. The maximum Gasteiger partial charge on any atom is 0.252 e. The molecule has 3 N–H and O–H groups in total. The molecule has 0 radical (unpaired) electrons. The Labute approximate surface area is 156 Å². The molecule has 7 nitrogen and oxygen atoms in total. The van der Waals surface area contributed by atoms with Crippen LogP contribution in [0.25, 0.3) is 10.9 Å². The lowest BCUT2D eigenvalue weighted by Gasteiger charge is -2.20.